The summed E-state index contributed by atoms with van der Waals surface area (Å²) in [6.45, 7) is 4.25. The van der Waals surface area contributed by atoms with Crippen LogP contribution in [0.3, 0.4) is 0 Å². The first-order chi connectivity index (χ1) is 17.1. The van der Waals surface area contributed by atoms with Crippen LogP contribution < -0.4 is 10.6 Å². The summed E-state index contributed by atoms with van der Waals surface area (Å²) in [6, 6.07) is 37.8. The molecule has 170 valence electrons. The van der Waals surface area contributed by atoms with E-state index in [2.05, 4.69) is 103 Å². The Balaban J connectivity index is 1.48. The Morgan fingerprint density at radius 3 is 2.09 bits per heavy atom. The predicted molar refractivity (Wildman–Crippen MR) is 148 cm³/mol. The lowest BCUT2D eigenvalue weighted by Gasteiger charge is -2.17. The zero-order valence-electron chi connectivity index (χ0n) is 19.8. The van der Waals surface area contributed by atoms with Crippen LogP contribution in [0.4, 0.5) is 22.7 Å². The molecule has 0 fully saturated rings. The third kappa shape index (κ3) is 4.13. The van der Waals surface area contributed by atoms with E-state index >= 15 is 0 Å². The van der Waals surface area contributed by atoms with Gasteiger partial charge >= 0.3 is 0 Å². The molecule has 0 saturated carbocycles. The molecule has 0 aliphatic heterocycles. The molecule has 0 radical (unpaired) electrons. The van der Waals surface area contributed by atoms with Gasteiger partial charge in [0.25, 0.3) is 0 Å². The van der Waals surface area contributed by atoms with Gasteiger partial charge in [-0.05, 0) is 73.0 Å². The van der Waals surface area contributed by atoms with Gasteiger partial charge in [0.15, 0.2) is 0 Å². The highest BCUT2D eigenvalue weighted by atomic mass is 16.3. The predicted octanol–water partition coefficient (Wildman–Crippen LogP) is 9.36. The van der Waals surface area contributed by atoms with Gasteiger partial charge in [-0.3, -0.25) is 0 Å². The molecule has 3 nitrogen and oxygen atoms in total. The zero-order valence-corrected chi connectivity index (χ0v) is 19.8. The van der Waals surface area contributed by atoms with Crippen LogP contribution in [0.5, 0.6) is 0 Å². The van der Waals surface area contributed by atoms with E-state index in [1.165, 1.54) is 11.1 Å². The second-order valence-corrected chi connectivity index (χ2v) is 9.03. The van der Waals surface area contributed by atoms with Gasteiger partial charge in [0, 0.05) is 27.7 Å². The summed E-state index contributed by atoms with van der Waals surface area (Å²) in [5.41, 5.74) is 10.6. The first-order valence-corrected chi connectivity index (χ1v) is 11.9. The van der Waals surface area contributed by atoms with Crippen LogP contribution in [0.15, 0.2) is 114 Å². The molecule has 0 aliphatic rings. The number of nitrogens with one attached hydrogen (secondary N) is 2. The minimum Gasteiger partial charge on any atom is -0.455 e. The highest BCUT2D eigenvalue weighted by molar-refractivity contribution is 6.09. The van der Waals surface area contributed by atoms with Gasteiger partial charge in [0.1, 0.15) is 11.2 Å². The van der Waals surface area contributed by atoms with Crippen molar-refractivity contribution in [2.75, 3.05) is 10.6 Å². The van der Waals surface area contributed by atoms with Crippen molar-refractivity contribution in [3.63, 3.8) is 0 Å². The van der Waals surface area contributed by atoms with Gasteiger partial charge in [0.2, 0.25) is 0 Å². The molecule has 2 N–H and O–H groups in total. The van der Waals surface area contributed by atoms with Crippen LogP contribution in [0, 0.1) is 13.8 Å². The molecule has 0 atom stereocenters. The third-order valence-electron chi connectivity index (χ3n) is 6.29. The summed E-state index contributed by atoms with van der Waals surface area (Å²) in [5, 5.41) is 9.51. The summed E-state index contributed by atoms with van der Waals surface area (Å²) in [4.78, 5) is 0. The number of anilines is 4. The van der Waals surface area contributed by atoms with E-state index in [0.717, 1.165) is 55.8 Å². The fourth-order valence-corrected chi connectivity index (χ4v) is 4.78. The van der Waals surface area contributed by atoms with Crippen molar-refractivity contribution >= 4 is 44.7 Å². The number of para-hydroxylation sites is 3. The van der Waals surface area contributed by atoms with Gasteiger partial charge in [-0.2, -0.15) is 0 Å². The molecule has 3 heteroatoms. The molecule has 6 aromatic rings. The van der Waals surface area contributed by atoms with Gasteiger partial charge < -0.3 is 15.1 Å². The van der Waals surface area contributed by atoms with Crippen LogP contribution in [-0.4, -0.2) is 0 Å². The molecular formula is C32H26N2O. The summed E-state index contributed by atoms with van der Waals surface area (Å²) in [7, 11) is 0. The fraction of sp³-hybridized carbons (Fsp3) is 0.0625. The third-order valence-corrected chi connectivity index (χ3v) is 6.29. The Hall–Kier alpha value is -4.50. The second kappa shape index (κ2) is 8.69. The average molecular weight is 455 g/mol. The van der Waals surface area contributed by atoms with E-state index < -0.39 is 0 Å². The minimum absolute atomic E-state index is 0.908. The largest absolute Gasteiger partial charge is 0.455 e. The Morgan fingerprint density at radius 2 is 1.26 bits per heavy atom. The number of benzene rings is 5. The first-order valence-electron chi connectivity index (χ1n) is 11.9. The second-order valence-electron chi connectivity index (χ2n) is 9.03. The van der Waals surface area contributed by atoms with Crippen molar-refractivity contribution in [2.45, 2.75) is 13.8 Å². The van der Waals surface area contributed by atoms with Gasteiger partial charge in [0.05, 0.1) is 11.4 Å². The molecule has 0 amide bonds. The first kappa shape index (κ1) is 21.1. The number of fused-ring (bicyclic) bond motifs is 3. The van der Waals surface area contributed by atoms with Gasteiger partial charge in [-0.15, -0.1) is 0 Å². The molecule has 0 aliphatic carbocycles. The lowest BCUT2D eigenvalue weighted by molar-refractivity contribution is 0.670. The molecule has 1 aromatic heterocycles. The Bertz CT molecular complexity index is 1640. The highest BCUT2D eigenvalue weighted by Crippen LogP contribution is 2.39. The van der Waals surface area contributed by atoms with Crippen molar-refractivity contribution < 1.29 is 4.42 Å². The van der Waals surface area contributed by atoms with Crippen molar-refractivity contribution in [2.24, 2.45) is 0 Å². The smallest absolute Gasteiger partial charge is 0.143 e. The van der Waals surface area contributed by atoms with Crippen molar-refractivity contribution in [1.82, 2.24) is 0 Å². The van der Waals surface area contributed by atoms with Crippen molar-refractivity contribution in [3.8, 4) is 11.1 Å². The van der Waals surface area contributed by atoms with E-state index in [-0.39, 0.29) is 0 Å². The van der Waals surface area contributed by atoms with Crippen molar-refractivity contribution in [3.05, 3.63) is 120 Å². The Morgan fingerprint density at radius 1 is 0.543 bits per heavy atom. The van der Waals surface area contributed by atoms with Crippen LogP contribution in [-0.2, 0) is 0 Å². The molecule has 0 unspecified atom stereocenters. The summed E-state index contributed by atoms with van der Waals surface area (Å²) in [5.74, 6) is 0. The van der Waals surface area contributed by atoms with Crippen LogP contribution in [0.1, 0.15) is 11.1 Å². The maximum atomic E-state index is 6.31. The van der Waals surface area contributed by atoms with Crippen LogP contribution in [0.25, 0.3) is 33.1 Å². The van der Waals surface area contributed by atoms with Crippen LogP contribution in [0.2, 0.25) is 0 Å². The fourth-order valence-electron chi connectivity index (χ4n) is 4.78. The van der Waals surface area contributed by atoms with E-state index in [1.54, 1.807) is 0 Å². The standard InChI is InChI=1S/C32H26N2O/c1-21-17-22(2)19-25(18-21)34-29-16-15-23(20-30(29)33-24-9-4-3-5-10-24)26-12-8-13-28-27-11-6-7-14-31(27)35-32(26)28/h3-20,33-34H,1-2H3. The number of aryl methyl sites for hydroxylation is 2. The Kier molecular flexibility index (Phi) is 5.23. The van der Waals surface area contributed by atoms with Gasteiger partial charge in [-0.1, -0.05) is 66.7 Å². The van der Waals surface area contributed by atoms with Crippen molar-refractivity contribution in [1.29, 1.82) is 0 Å². The maximum absolute atomic E-state index is 6.31. The minimum atomic E-state index is 0.908. The SMILES string of the molecule is Cc1cc(C)cc(Nc2ccc(-c3cccc4c3oc3ccccc34)cc2Nc2ccccc2)c1. The van der Waals surface area contributed by atoms with Gasteiger partial charge in [-0.25, -0.2) is 0 Å². The lowest BCUT2D eigenvalue weighted by atomic mass is 10.0. The topological polar surface area (TPSA) is 37.2 Å². The van der Waals surface area contributed by atoms with Crippen LogP contribution >= 0.6 is 0 Å². The molecule has 5 aromatic carbocycles. The molecule has 0 bridgehead atoms. The zero-order chi connectivity index (χ0) is 23.8. The summed E-state index contributed by atoms with van der Waals surface area (Å²) >= 11 is 0. The quantitative estimate of drug-likeness (QED) is 0.272. The molecule has 6 rings (SSSR count). The normalized spacial score (nSPS) is 11.1. The lowest BCUT2D eigenvalue weighted by Crippen LogP contribution is -1.99. The number of furan rings is 1. The number of rotatable bonds is 5. The molecular weight excluding hydrogens is 428 g/mol. The average Bonchev–Trinajstić information content (AvgIpc) is 3.24. The van der Waals surface area contributed by atoms with E-state index in [9.17, 15) is 0 Å². The highest BCUT2D eigenvalue weighted by Gasteiger charge is 2.14. The monoisotopic (exact) mass is 454 g/mol. The Labute approximate surface area is 205 Å². The van der Waals surface area contributed by atoms with E-state index in [4.69, 9.17) is 4.42 Å². The summed E-state index contributed by atoms with van der Waals surface area (Å²) < 4.78 is 6.31. The molecule has 35 heavy (non-hydrogen) atoms. The maximum Gasteiger partial charge on any atom is 0.143 e. The molecule has 0 saturated heterocycles. The number of hydrogen-bond acceptors (Lipinski definition) is 3. The summed E-state index contributed by atoms with van der Waals surface area (Å²) in [6.07, 6.45) is 0. The number of hydrogen-bond donors (Lipinski definition) is 2. The van der Waals surface area contributed by atoms with E-state index in [1.807, 2.05) is 30.3 Å². The molecule has 1 heterocycles. The van der Waals surface area contributed by atoms with E-state index in [0.29, 0.717) is 0 Å². The molecule has 0 spiro atoms.